The second kappa shape index (κ2) is 12.9. The molecule has 5 heteroatoms. The van der Waals surface area contributed by atoms with Crippen LogP contribution in [0, 0.1) is 0 Å². The molecule has 28 heavy (non-hydrogen) atoms. The van der Waals surface area contributed by atoms with Gasteiger partial charge < -0.3 is 18.9 Å². The first-order chi connectivity index (χ1) is 13.7. The van der Waals surface area contributed by atoms with Gasteiger partial charge in [0.2, 0.25) is 0 Å². The molecular formula is C23H30O5. The normalized spacial score (nSPS) is 12.9. The molecule has 0 spiro atoms. The molecule has 0 aromatic heterocycles. The molecule has 2 atom stereocenters. The lowest BCUT2D eigenvalue weighted by Crippen LogP contribution is -2.12. The van der Waals surface area contributed by atoms with Gasteiger partial charge in [0.05, 0.1) is 38.6 Å². The standard InChI is InChI=1S/C23H30O5/c1-19(21-11-5-3-6-12-21)25-15-9-17-27-23(24)28-18-10-16-26-20(2)22-13-7-4-8-14-22/h3-8,11-14,19-20H,9-10,15-18H2,1-2H3. The second-order valence-corrected chi connectivity index (χ2v) is 6.50. The summed E-state index contributed by atoms with van der Waals surface area (Å²) in [5, 5.41) is 0. The Morgan fingerprint density at radius 3 is 1.46 bits per heavy atom. The number of rotatable bonds is 12. The smallest absolute Gasteiger partial charge is 0.434 e. The first-order valence-electron chi connectivity index (χ1n) is 9.79. The minimum absolute atomic E-state index is 0.0198. The molecule has 0 amide bonds. The van der Waals surface area contributed by atoms with Gasteiger partial charge in [0.15, 0.2) is 0 Å². The van der Waals surface area contributed by atoms with E-state index in [9.17, 15) is 4.79 Å². The molecule has 0 saturated carbocycles. The number of hydrogen-bond acceptors (Lipinski definition) is 5. The van der Waals surface area contributed by atoms with E-state index in [1.165, 1.54) is 0 Å². The SMILES string of the molecule is CC(OCCCOC(=O)OCCCOC(C)c1ccccc1)c1ccccc1. The summed E-state index contributed by atoms with van der Waals surface area (Å²) in [5.74, 6) is 0. The minimum atomic E-state index is -0.646. The Morgan fingerprint density at radius 1 is 0.679 bits per heavy atom. The summed E-state index contributed by atoms with van der Waals surface area (Å²) >= 11 is 0. The van der Waals surface area contributed by atoms with Crippen molar-refractivity contribution in [2.24, 2.45) is 0 Å². The summed E-state index contributed by atoms with van der Waals surface area (Å²) in [6, 6.07) is 20.0. The molecule has 0 radical (unpaired) electrons. The molecule has 0 N–H and O–H groups in total. The summed E-state index contributed by atoms with van der Waals surface area (Å²) in [4.78, 5) is 11.6. The number of hydrogen-bond donors (Lipinski definition) is 0. The van der Waals surface area contributed by atoms with Gasteiger partial charge in [0, 0.05) is 12.8 Å². The zero-order valence-electron chi connectivity index (χ0n) is 16.7. The fraction of sp³-hybridized carbons (Fsp3) is 0.435. The molecule has 5 nitrogen and oxygen atoms in total. The third kappa shape index (κ3) is 8.55. The summed E-state index contributed by atoms with van der Waals surface area (Å²) in [6.45, 7) is 5.61. The van der Waals surface area contributed by atoms with Crippen LogP contribution >= 0.6 is 0 Å². The van der Waals surface area contributed by atoms with Gasteiger partial charge in [-0.3, -0.25) is 0 Å². The molecular weight excluding hydrogens is 356 g/mol. The zero-order chi connectivity index (χ0) is 20.0. The van der Waals surface area contributed by atoms with E-state index in [4.69, 9.17) is 18.9 Å². The summed E-state index contributed by atoms with van der Waals surface area (Å²) in [6.07, 6.45) is 0.651. The number of ether oxygens (including phenoxy) is 4. The average molecular weight is 386 g/mol. The quantitative estimate of drug-likeness (QED) is 0.357. The van der Waals surface area contributed by atoms with Crippen LogP contribution in [0.25, 0.3) is 0 Å². The third-order valence-electron chi connectivity index (χ3n) is 4.29. The molecule has 0 aliphatic rings. The van der Waals surface area contributed by atoms with E-state index in [0.717, 1.165) is 11.1 Å². The van der Waals surface area contributed by atoms with Crippen LogP contribution in [-0.4, -0.2) is 32.6 Å². The Hall–Kier alpha value is -2.37. The lowest BCUT2D eigenvalue weighted by Gasteiger charge is -2.14. The van der Waals surface area contributed by atoms with E-state index in [-0.39, 0.29) is 25.4 Å². The highest BCUT2D eigenvalue weighted by atomic mass is 16.7. The Bertz CT molecular complexity index is 602. The fourth-order valence-corrected chi connectivity index (χ4v) is 2.63. The third-order valence-corrected chi connectivity index (χ3v) is 4.29. The number of carbonyl (C=O) groups excluding carboxylic acids is 1. The van der Waals surface area contributed by atoms with Crippen molar-refractivity contribution < 1.29 is 23.7 Å². The Morgan fingerprint density at radius 2 is 1.07 bits per heavy atom. The van der Waals surface area contributed by atoms with Gasteiger partial charge in [-0.15, -0.1) is 0 Å². The maximum atomic E-state index is 11.6. The van der Waals surface area contributed by atoms with Crippen molar-refractivity contribution in [2.45, 2.75) is 38.9 Å². The second-order valence-electron chi connectivity index (χ2n) is 6.50. The first-order valence-corrected chi connectivity index (χ1v) is 9.79. The molecule has 2 aromatic rings. The predicted octanol–water partition coefficient (Wildman–Crippen LogP) is 5.48. The molecule has 2 aromatic carbocycles. The topological polar surface area (TPSA) is 54.0 Å². The maximum Gasteiger partial charge on any atom is 0.508 e. The van der Waals surface area contributed by atoms with Gasteiger partial charge in [-0.2, -0.15) is 0 Å². The van der Waals surface area contributed by atoms with Gasteiger partial charge in [-0.1, -0.05) is 60.7 Å². The van der Waals surface area contributed by atoms with Gasteiger partial charge in [-0.05, 0) is 25.0 Å². The van der Waals surface area contributed by atoms with Gasteiger partial charge >= 0.3 is 6.16 Å². The molecule has 0 aliphatic heterocycles. The largest absolute Gasteiger partial charge is 0.508 e. The predicted molar refractivity (Wildman–Crippen MR) is 108 cm³/mol. The average Bonchev–Trinajstić information content (AvgIpc) is 2.74. The van der Waals surface area contributed by atoms with Crippen molar-refractivity contribution in [3.8, 4) is 0 Å². The van der Waals surface area contributed by atoms with Gasteiger partial charge in [-0.25, -0.2) is 4.79 Å². The molecule has 0 saturated heterocycles. The molecule has 0 heterocycles. The molecule has 0 fully saturated rings. The Labute approximate surface area is 167 Å². The van der Waals surface area contributed by atoms with Crippen LogP contribution in [0.1, 0.15) is 50.0 Å². The van der Waals surface area contributed by atoms with E-state index >= 15 is 0 Å². The monoisotopic (exact) mass is 386 g/mol. The minimum Gasteiger partial charge on any atom is -0.434 e. The van der Waals surface area contributed by atoms with Crippen molar-refractivity contribution >= 4 is 6.16 Å². The van der Waals surface area contributed by atoms with Gasteiger partial charge in [0.25, 0.3) is 0 Å². The summed E-state index contributed by atoms with van der Waals surface area (Å²) in [7, 11) is 0. The number of benzene rings is 2. The van der Waals surface area contributed by atoms with Crippen LogP contribution < -0.4 is 0 Å². The van der Waals surface area contributed by atoms with Crippen molar-refractivity contribution in [2.75, 3.05) is 26.4 Å². The lowest BCUT2D eigenvalue weighted by molar-refractivity contribution is 0.0206. The molecule has 0 bridgehead atoms. The van der Waals surface area contributed by atoms with E-state index in [1.807, 2.05) is 74.5 Å². The molecule has 2 unspecified atom stereocenters. The van der Waals surface area contributed by atoms with Crippen molar-refractivity contribution in [1.82, 2.24) is 0 Å². The van der Waals surface area contributed by atoms with Crippen LogP contribution in [0.3, 0.4) is 0 Å². The summed E-state index contributed by atoms with van der Waals surface area (Å²) < 4.78 is 21.6. The Balaban J connectivity index is 1.45. The zero-order valence-corrected chi connectivity index (χ0v) is 16.7. The Kier molecular flexibility index (Phi) is 10.1. The first kappa shape index (κ1) is 21.9. The van der Waals surface area contributed by atoms with Crippen molar-refractivity contribution in [1.29, 1.82) is 0 Å². The van der Waals surface area contributed by atoms with Crippen molar-refractivity contribution in [3.05, 3.63) is 71.8 Å². The van der Waals surface area contributed by atoms with E-state index in [2.05, 4.69) is 0 Å². The molecule has 0 aliphatic carbocycles. The van der Waals surface area contributed by atoms with E-state index in [0.29, 0.717) is 26.1 Å². The maximum absolute atomic E-state index is 11.6. The highest BCUT2D eigenvalue weighted by Gasteiger charge is 2.07. The molecule has 152 valence electrons. The van der Waals surface area contributed by atoms with Crippen LogP contribution in [0.4, 0.5) is 4.79 Å². The van der Waals surface area contributed by atoms with Crippen LogP contribution in [-0.2, 0) is 18.9 Å². The highest BCUT2D eigenvalue weighted by molar-refractivity contribution is 5.59. The van der Waals surface area contributed by atoms with Crippen LogP contribution in [0.5, 0.6) is 0 Å². The van der Waals surface area contributed by atoms with E-state index in [1.54, 1.807) is 0 Å². The summed E-state index contributed by atoms with van der Waals surface area (Å²) in [5.41, 5.74) is 2.26. The number of carbonyl (C=O) groups is 1. The molecule has 2 rings (SSSR count). The van der Waals surface area contributed by atoms with Crippen LogP contribution in [0.15, 0.2) is 60.7 Å². The van der Waals surface area contributed by atoms with E-state index < -0.39 is 6.16 Å². The van der Waals surface area contributed by atoms with Crippen LogP contribution in [0.2, 0.25) is 0 Å². The van der Waals surface area contributed by atoms with Crippen molar-refractivity contribution in [3.63, 3.8) is 0 Å². The lowest BCUT2D eigenvalue weighted by atomic mass is 10.1. The van der Waals surface area contributed by atoms with Gasteiger partial charge in [0.1, 0.15) is 0 Å². The highest BCUT2D eigenvalue weighted by Crippen LogP contribution is 2.16. The fourth-order valence-electron chi connectivity index (χ4n) is 2.63.